The van der Waals surface area contributed by atoms with Crippen molar-refractivity contribution in [2.24, 2.45) is 17.8 Å². The molecule has 2 rings (SSSR count). The fourth-order valence-corrected chi connectivity index (χ4v) is 3.73. The lowest BCUT2D eigenvalue weighted by atomic mass is 9.75. The van der Waals surface area contributed by atoms with Crippen molar-refractivity contribution in [1.29, 1.82) is 0 Å². The van der Waals surface area contributed by atoms with Gasteiger partial charge in [0.2, 0.25) is 0 Å². The Hall–Kier alpha value is -2.97. The number of esters is 3. The van der Waals surface area contributed by atoms with E-state index in [0.717, 1.165) is 44.6 Å². The third-order valence-corrected chi connectivity index (χ3v) is 5.35. The molecule has 1 saturated carbocycles. The van der Waals surface area contributed by atoms with Crippen LogP contribution in [0.25, 0.3) is 0 Å². The third-order valence-electron chi connectivity index (χ3n) is 5.35. The van der Waals surface area contributed by atoms with Gasteiger partial charge in [0, 0.05) is 12.1 Å². The average Bonchev–Trinajstić information content (AvgIpc) is 2.70. The number of rotatable bonds is 7. The molecule has 0 aliphatic heterocycles. The predicted octanol–water partition coefficient (Wildman–Crippen LogP) is 3.54. The lowest BCUT2D eigenvalue weighted by Crippen LogP contribution is -2.36. The molecule has 0 amide bonds. The van der Waals surface area contributed by atoms with Gasteiger partial charge in [0.25, 0.3) is 5.69 Å². The van der Waals surface area contributed by atoms with E-state index in [2.05, 4.69) is 25.5 Å². The van der Waals surface area contributed by atoms with Crippen LogP contribution in [0.3, 0.4) is 0 Å². The Morgan fingerprint density at radius 1 is 1.13 bits per heavy atom. The van der Waals surface area contributed by atoms with Crippen LogP contribution in [0.1, 0.15) is 60.7 Å². The van der Waals surface area contributed by atoms with E-state index in [-0.39, 0.29) is 23.1 Å². The second-order valence-electron chi connectivity index (χ2n) is 7.95. The Kier molecular flexibility index (Phi) is 7.91. The van der Waals surface area contributed by atoms with Crippen LogP contribution in [0.15, 0.2) is 18.2 Å². The fourth-order valence-electron chi connectivity index (χ4n) is 3.73. The lowest BCUT2D eigenvalue weighted by molar-refractivity contribution is -0.384. The maximum absolute atomic E-state index is 12.3. The van der Waals surface area contributed by atoms with Crippen LogP contribution in [-0.2, 0) is 19.0 Å². The standard InChI is InChI=1S/C21H27NO8/c1-12(2)17-6-5-13(3)7-18(17)30-19(23)11-29-21(25)15-8-14(20(24)28-4)9-16(10-15)22(26)27/h8-10,12-13,17-18H,5-7,11H2,1-4H3/t13-,17-,18+/m0/s1. The van der Waals surface area contributed by atoms with Crippen LogP contribution in [-0.4, -0.2) is 42.7 Å². The van der Waals surface area contributed by atoms with Crippen LogP contribution in [0.2, 0.25) is 0 Å². The zero-order chi connectivity index (χ0) is 22.4. The number of nitro groups is 1. The molecule has 30 heavy (non-hydrogen) atoms. The number of carbonyl (C=O) groups is 3. The number of methoxy groups -OCH3 is 1. The molecular weight excluding hydrogens is 394 g/mol. The van der Waals surface area contributed by atoms with E-state index in [1.165, 1.54) is 0 Å². The summed E-state index contributed by atoms with van der Waals surface area (Å²) in [6.07, 6.45) is 2.58. The maximum Gasteiger partial charge on any atom is 0.344 e. The number of hydrogen-bond acceptors (Lipinski definition) is 8. The van der Waals surface area contributed by atoms with Gasteiger partial charge in [-0.15, -0.1) is 0 Å². The van der Waals surface area contributed by atoms with Crippen molar-refractivity contribution in [3.63, 3.8) is 0 Å². The smallest absolute Gasteiger partial charge is 0.344 e. The van der Waals surface area contributed by atoms with Crippen molar-refractivity contribution < 1.29 is 33.5 Å². The minimum Gasteiger partial charge on any atom is -0.465 e. The monoisotopic (exact) mass is 421 g/mol. The molecule has 0 unspecified atom stereocenters. The largest absolute Gasteiger partial charge is 0.465 e. The highest BCUT2D eigenvalue weighted by Gasteiger charge is 2.33. The zero-order valence-corrected chi connectivity index (χ0v) is 17.6. The van der Waals surface area contributed by atoms with Gasteiger partial charge in [0.05, 0.1) is 23.2 Å². The molecule has 1 aromatic carbocycles. The van der Waals surface area contributed by atoms with E-state index in [0.29, 0.717) is 11.8 Å². The van der Waals surface area contributed by atoms with Crippen molar-refractivity contribution in [2.75, 3.05) is 13.7 Å². The quantitative estimate of drug-likeness (QED) is 0.283. The number of hydrogen-bond donors (Lipinski definition) is 0. The molecule has 0 radical (unpaired) electrons. The van der Waals surface area contributed by atoms with Gasteiger partial charge in [-0.2, -0.15) is 0 Å². The van der Waals surface area contributed by atoms with Gasteiger partial charge in [-0.05, 0) is 36.7 Å². The summed E-state index contributed by atoms with van der Waals surface area (Å²) in [6, 6.07) is 3.08. The number of ether oxygens (including phenoxy) is 3. The average molecular weight is 421 g/mol. The second-order valence-corrected chi connectivity index (χ2v) is 7.95. The van der Waals surface area contributed by atoms with Crippen molar-refractivity contribution >= 4 is 23.6 Å². The van der Waals surface area contributed by atoms with E-state index < -0.39 is 35.1 Å². The molecule has 1 aromatic rings. The van der Waals surface area contributed by atoms with Gasteiger partial charge >= 0.3 is 17.9 Å². The molecule has 1 fully saturated rings. The molecule has 164 valence electrons. The first kappa shape index (κ1) is 23.3. The predicted molar refractivity (Wildman–Crippen MR) is 106 cm³/mol. The van der Waals surface area contributed by atoms with Gasteiger partial charge in [-0.1, -0.05) is 27.2 Å². The fraction of sp³-hybridized carbons (Fsp3) is 0.571. The summed E-state index contributed by atoms with van der Waals surface area (Å²) in [6.45, 7) is 5.66. The molecule has 1 aliphatic rings. The van der Waals surface area contributed by atoms with Crippen LogP contribution < -0.4 is 0 Å². The first-order valence-electron chi connectivity index (χ1n) is 9.86. The molecule has 0 saturated heterocycles. The summed E-state index contributed by atoms with van der Waals surface area (Å²) in [7, 11) is 1.12. The molecule has 9 nitrogen and oxygen atoms in total. The molecule has 0 spiro atoms. The summed E-state index contributed by atoms with van der Waals surface area (Å²) < 4.78 is 15.1. The van der Waals surface area contributed by atoms with E-state index in [1.807, 2.05) is 0 Å². The minimum absolute atomic E-state index is 0.169. The van der Waals surface area contributed by atoms with Crippen LogP contribution in [0, 0.1) is 27.9 Å². The first-order valence-corrected chi connectivity index (χ1v) is 9.86. The summed E-state index contributed by atoms with van der Waals surface area (Å²) in [5.74, 6) is -1.43. The molecule has 3 atom stereocenters. The van der Waals surface area contributed by atoms with Gasteiger partial charge in [-0.25, -0.2) is 14.4 Å². The van der Waals surface area contributed by atoms with E-state index in [4.69, 9.17) is 9.47 Å². The number of carbonyl (C=O) groups excluding carboxylic acids is 3. The Balaban J connectivity index is 2.04. The highest BCUT2D eigenvalue weighted by atomic mass is 16.6. The maximum atomic E-state index is 12.3. The Bertz CT molecular complexity index is 819. The van der Waals surface area contributed by atoms with Crippen LogP contribution in [0.4, 0.5) is 5.69 Å². The van der Waals surface area contributed by atoms with E-state index >= 15 is 0 Å². The third kappa shape index (κ3) is 6.01. The van der Waals surface area contributed by atoms with E-state index in [9.17, 15) is 24.5 Å². The number of non-ortho nitro benzene ring substituents is 1. The lowest BCUT2D eigenvalue weighted by Gasteiger charge is -2.36. The topological polar surface area (TPSA) is 122 Å². The molecular formula is C21H27NO8. The van der Waals surface area contributed by atoms with Crippen molar-refractivity contribution in [3.8, 4) is 0 Å². The summed E-state index contributed by atoms with van der Waals surface area (Å²) in [5.41, 5.74) is -0.871. The summed E-state index contributed by atoms with van der Waals surface area (Å²) in [5, 5.41) is 11.1. The van der Waals surface area contributed by atoms with Crippen LogP contribution in [0.5, 0.6) is 0 Å². The molecule has 0 N–H and O–H groups in total. The minimum atomic E-state index is -0.974. The van der Waals surface area contributed by atoms with Gasteiger partial charge in [0.15, 0.2) is 6.61 Å². The highest BCUT2D eigenvalue weighted by Crippen LogP contribution is 2.35. The number of nitrogens with zero attached hydrogens (tertiary/aromatic N) is 1. The van der Waals surface area contributed by atoms with Crippen molar-refractivity contribution in [3.05, 3.63) is 39.4 Å². The number of nitro benzene ring substituents is 1. The highest BCUT2D eigenvalue weighted by molar-refractivity contribution is 5.97. The van der Waals surface area contributed by atoms with Gasteiger partial charge in [-0.3, -0.25) is 10.1 Å². The zero-order valence-electron chi connectivity index (χ0n) is 17.6. The second kappa shape index (κ2) is 10.2. The van der Waals surface area contributed by atoms with Gasteiger partial charge in [0.1, 0.15) is 6.10 Å². The Morgan fingerprint density at radius 2 is 1.77 bits per heavy atom. The normalized spacial score (nSPS) is 21.0. The molecule has 1 aliphatic carbocycles. The van der Waals surface area contributed by atoms with Gasteiger partial charge < -0.3 is 14.2 Å². The van der Waals surface area contributed by atoms with Crippen molar-refractivity contribution in [2.45, 2.75) is 46.1 Å². The number of benzene rings is 1. The van der Waals surface area contributed by atoms with E-state index in [1.54, 1.807) is 0 Å². The molecule has 0 heterocycles. The van der Waals surface area contributed by atoms with Crippen LogP contribution >= 0.6 is 0 Å². The molecule has 0 bridgehead atoms. The molecule has 9 heteroatoms. The Morgan fingerprint density at radius 3 is 2.33 bits per heavy atom. The van der Waals surface area contributed by atoms with Crippen molar-refractivity contribution in [1.82, 2.24) is 0 Å². The molecule has 0 aromatic heterocycles. The first-order chi connectivity index (χ1) is 14.1. The summed E-state index contributed by atoms with van der Waals surface area (Å²) >= 11 is 0. The Labute approximate surface area is 174 Å². The SMILES string of the molecule is COC(=O)c1cc(C(=O)OCC(=O)O[C@@H]2C[C@@H](C)CC[C@H]2C(C)C)cc([N+](=O)[O-])c1. The summed E-state index contributed by atoms with van der Waals surface area (Å²) in [4.78, 5) is 46.6.